The summed E-state index contributed by atoms with van der Waals surface area (Å²) in [7, 11) is 0. The Balaban J connectivity index is 2.33. The predicted molar refractivity (Wildman–Crippen MR) is 67.3 cm³/mol. The Labute approximate surface area is 92.8 Å². The third-order valence-corrected chi connectivity index (χ3v) is 3.22. The summed E-state index contributed by atoms with van der Waals surface area (Å²) in [4.78, 5) is 0. The van der Waals surface area contributed by atoms with Crippen LogP contribution in [0.15, 0.2) is 42.9 Å². The number of benzene rings is 1. The first-order valence-corrected chi connectivity index (χ1v) is 5.39. The van der Waals surface area contributed by atoms with E-state index in [-0.39, 0.29) is 0 Å². The number of rotatable bonds is 0. The van der Waals surface area contributed by atoms with Crippen LogP contribution in [0.25, 0.3) is 28.4 Å². The van der Waals surface area contributed by atoms with Gasteiger partial charge in [0.25, 0.3) is 0 Å². The molecule has 3 aromatic rings. The molecule has 76 valence electrons. The van der Waals surface area contributed by atoms with Crippen LogP contribution in [0.4, 0.5) is 0 Å². The zero-order chi connectivity index (χ0) is 10.5. The van der Waals surface area contributed by atoms with Gasteiger partial charge < -0.3 is 9.72 Å². The molecule has 0 spiro atoms. The molecular weight excluding hydrogens is 196 g/mol. The van der Waals surface area contributed by atoms with Crippen molar-refractivity contribution in [2.24, 2.45) is 0 Å². The van der Waals surface area contributed by atoms with E-state index in [0.29, 0.717) is 0 Å². The fourth-order valence-electron chi connectivity index (χ4n) is 2.54. The molecule has 0 saturated carbocycles. The summed E-state index contributed by atoms with van der Waals surface area (Å²) >= 11 is 0. The molecule has 0 aliphatic carbocycles. The normalized spacial score (nSPS) is 14.2. The number of nitrogens with zero attached hydrogens (tertiary/aromatic N) is 1. The van der Waals surface area contributed by atoms with Crippen molar-refractivity contribution in [1.82, 2.24) is 9.72 Å². The van der Waals surface area contributed by atoms with Crippen molar-refractivity contribution in [2.45, 2.75) is 0 Å². The molecule has 0 radical (unpaired) electrons. The number of nitrogens with one attached hydrogen (secondary N) is 1. The Morgan fingerprint density at radius 3 is 2.94 bits per heavy atom. The van der Waals surface area contributed by atoms with Crippen molar-refractivity contribution in [3.63, 3.8) is 0 Å². The lowest BCUT2D eigenvalue weighted by Gasteiger charge is -1.92. The molecule has 1 aliphatic rings. The van der Waals surface area contributed by atoms with Crippen LogP contribution in [0.5, 0.6) is 0 Å². The molecule has 2 aromatic heterocycles. The van der Waals surface area contributed by atoms with Gasteiger partial charge in [-0.15, -0.1) is 0 Å². The molecule has 0 amide bonds. The van der Waals surface area contributed by atoms with Gasteiger partial charge in [-0.05, 0) is 18.2 Å². The van der Waals surface area contributed by atoms with Gasteiger partial charge in [-0.2, -0.15) is 0 Å². The van der Waals surface area contributed by atoms with Gasteiger partial charge in [0.15, 0.2) is 0 Å². The predicted octanol–water partition coefficient (Wildman–Crippen LogP) is 3.07. The smallest absolute Gasteiger partial charge is 0.0607 e. The summed E-state index contributed by atoms with van der Waals surface area (Å²) < 4.78 is 2.26. The van der Waals surface area contributed by atoms with Crippen molar-refractivity contribution in [3.05, 3.63) is 54.1 Å². The minimum Gasteiger partial charge on any atom is -0.368 e. The topological polar surface area (TPSA) is 16.4 Å². The third-order valence-electron chi connectivity index (χ3n) is 3.22. The molecule has 3 heterocycles. The molecule has 0 atom stereocenters. The Hall–Kier alpha value is -2.22. The van der Waals surface area contributed by atoms with Crippen LogP contribution < -0.4 is 5.32 Å². The maximum absolute atomic E-state index is 3.11. The molecule has 0 fully saturated rings. The minimum atomic E-state index is 1.25. The van der Waals surface area contributed by atoms with Crippen LogP contribution in [0.3, 0.4) is 0 Å². The second-order valence-electron chi connectivity index (χ2n) is 4.06. The number of fused-ring (bicyclic) bond motifs is 3. The summed E-state index contributed by atoms with van der Waals surface area (Å²) in [5.41, 5.74) is 3.86. The lowest BCUT2D eigenvalue weighted by Crippen LogP contribution is -1.88. The van der Waals surface area contributed by atoms with Gasteiger partial charge in [0.05, 0.1) is 11.2 Å². The second kappa shape index (κ2) is 2.67. The van der Waals surface area contributed by atoms with E-state index in [2.05, 4.69) is 52.3 Å². The maximum atomic E-state index is 3.11. The van der Waals surface area contributed by atoms with Crippen LogP contribution in [-0.2, 0) is 0 Å². The van der Waals surface area contributed by atoms with Gasteiger partial charge in [0.2, 0.25) is 0 Å². The largest absolute Gasteiger partial charge is 0.368 e. The van der Waals surface area contributed by atoms with Gasteiger partial charge in [-0.25, -0.2) is 0 Å². The maximum Gasteiger partial charge on any atom is 0.0607 e. The molecule has 16 heavy (non-hydrogen) atoms. The van der Waals surface area contributed by atoms with E-state index >= 15 is 0 Å². The molecule has 1 aromatic carbocycles. The van der Waals surface area contributed by atoms with Gasteiger partial charge in [-0.1, -0.05) is 18.2 Å². The average molecular weight is 206 g/mol. The summed E-state index contributed by atoms with van der Waals surface area (Å²) in [6.45, 7) is 0. The average Bonchev–Trinajstić information content (AvgIpc) is 2.76. The Kier molecular flexibility index (Phi) is 1.33. The van der Waals surface area contributed by atoms with Crippen molar-refractivity contribution < 1.29 is 0 Å². The molecule has 0 saturated heterocycles. The highest BCUT2D eigenvalue weighted by molar-refractivity contribution is 6.04. The van der Waals surface area contributed by atoms with Gasteiger partial charge >= 0.3 is 0 Å². The molecule has 2 nitrogen and oxygen atoms in total. The third kappa shape index (κ3) is 0.823. The molecule has 2 heteroatoms. The van der Waals surface area contributed by atoms with E-state index in [1.54, 1.807) is 0 Å². The monoisotopic (exact) mass is 206 g/mol. The Morgan fingerprint density at radius 2 is 1.94 bits per heavy atom. The van der Waals surface area contributed by atoms with E-state index in [1.165, 1.54) is 27.5 Å². The van der Waals surface area contributed by atoms with Gasteiger partial charge in [0.1, 0.15) is 0 Å². The fourth-order valence-corrected chi connectivity index (χ4v) is 2.54. The molecular formula is C14H10N2. The zero-order valence-corrected chi connectivity index (χ0v) is 8.64. The van der Waals surface area contributed by atoms with Crippen molar-refractivity contribution >= 4 is 28.4 Å². The summed E-state index contributed by atoms with van der Waals surface area (Å²) in [6, 6.07) is 8.63. The zero-order valence-electron chi connectivity index (χ0n) is 8.64. The lowest BCUT2D eigenvalue weighted by molar-refractivity contribution is 1.19. The minimum absolute atomic E-state index is 1.25. The summed E-state index contributed by atoms with van der Waals surface area (Å²) in [5, 5.41) is 5.74. The van der Waals surface area contributed by atoms with Crippen LogP contribution in [-0.4, -0.2) is 4.40 Å². The molecule has 1 aliphatic heterocycles. The van der Waals surface area contributed by atoms with Crippen molar-refractivity contribution in [3.8, 4) is 0 Å². The van der Waals surface area contributed by atoms with Crippen LogP contribution in [0.1, 0.15) is 11.3 Å². The highest BCUT2D eigenvalue weighted by Crippen LogP contribution is 2.32. The highest BCUT2D eigenvalue weighted by Gasteiger charge is 2.14. The first kappa shape index (κ1) is 7.99. The molecule has 0 unspecified atom stereocenters. The van der Waals surface area contributed by atoms with E-state index in [1.807, 2.05) is 12.4 Å². The summed E-state index contributed by atoms with van der Waals surface area (Å²) in [6.07, 6.45) is 10.3. The lowest BCUT2D eigenvalue weighted by atomic mass is 10.1. The standard InChI is InChI=1S/C14H10N2/c1-2-10-6-9-16-13-5-8-15-7-4-11(13)12(3-1)14(10)16/h1-9,15H. The quantitative estimate of drug-likeness (QED) is 0.598. The number of para-hydroxylation sites is 1. The first-order chi connectivity index (χ1) is 7.95. The second-order valence-corrected chi connectivity index (χ2v) is 4.06. The summed E-state index contributed by atoms with van der Waals surface area (Å²) in [5.74, 6) is 0. The number of hydrogen-bond acceptors (Lipinski definition) is 1. The molecule has 4 rings (SSSR count). The van der Waals surface area contributed by atoms with E-state index in [9.17, 15) is 0 Å². The van der Waals surface area contributed by atoms with Gasteiger partial charge in [0, 0.05) is 34.9 Å². The fraction of sp³-hybridized carbons (Fsp3) is 0. The Bertz CT molecular complexity index is 718. The van der Waals surface area contributed by atoms with Crippen LogP contribution in [0, 0.1) is 0 Å². The van der Waals surface area contributed by atoms with Crippen molar-refractivity contribution in [1.29, 1.82) is 0 Å². The molecule has 0 bridgehead atoms. The number of hydrogen-bond donors (Lipinski definition) is 1. The highest BCUT2D eigenvalue weighted by atomic mass is 14.9. The van der Waals surface area contributed by atoms with E-state index in [0.717, 1.165) is 0 Å². The van der Waals surface area contributed by atoms with E-state index < -0.39 is 0 Å². The van der Waals surface area contributed by atoms with E-state index in [4.69, 9.17) is 0 Å². The molecule has 1 N–H and O–H groups in total. The van der Waals surface area contributed by atoms with Crippen molar-refractivity contribution in [2.75, 3.05) is 0 Å². The Morgan fingerprint density at radius 1 is 1.00 bits per heavy atom. The van der Waals surface area contributed by atoms with Crippen LogP contribution >= 0.6 is 0 Å². The number of aromatic nitrogens is 1. The van der Waals surface area contributed by atoms with Gasteiger partial charge in [-0.3, -0.25) is 0 Å². The SMILES string of the molecule is C1=Cc2c(n3ccc4cccc2c43)C=CN1. The first-order valence-electron chi connectivity index (χ1n) is 5.39. The van der Waals surface area contributed by atoms with Crippen LogP contribution in [0.2, 0.25) is 0 Å².